The van der Waals surface area contributed by atoms with Gasteiger partial charge < -0.3 is 20.1 Å². The Bertz CT molecular complexity index is 1500. The molecular formula is C32H35N5OS. The van der Waals surface area contributed by atoms with Gasteiger partial charge in [-0.1, -0.05) is 43.3 Å². The molecule has 0 bridgehead atoms. The molecular weight excluding hydrogens is 502 g/mol. The van der Waals surface area contributed by atoms with Crippen molar-refractivity contribution in [3.05, 3.63) is 113 Å². The standard InChI is InChI=1S/C32H35N5OS/c1-5-24-12-6-7-14-27(24)34-29(38)16-18-36-31(30(35-32(36)39)28-15-8-9-17-33-28)26-20-22(3)37(23(26)4)25-13-10-11-21(2)19-25/h6-15,17,19-20,30-31H,5,16,18H2,1-4H3,(H,34,38)(H,35,39)/t30-,31-/m0/s1. The first-order valence-corrected chi connectivity index (χ1v) is 13.9. The van der Waals surface area contributed by atoms with Gasteiger partial charge in [-0.2, -0.15) is 0 Å². The van der Waals surface area contributed by atoms with Crippen LogP contribution in [0.15, 0.2) is 79.0 Å². The molecule has 0 saturated carbocycles. The number of pyridine rings is 1. The molecule has 2 aromatic carbocycles. The Balaban J connectivity index is 1.47. The molecule has 0 aliphatic carbocycles. The van der Waals surface area contributed by atoms with Crippen LogP contribution in [0, 0.1) is 20.8 Å². The molecule has 0 radical (unpaired) electrons. The van der Waals surface area contributed by atoms with Gasteiger partial charge in [-0.15, -0.1) is 0 Å². The molecule has 1 saturated heterocycles. The molecule has 5 rings (SSSR count). The number of para-hydroxylation sites is 1. The third-order valence-corrected chi connectivity index (χ3v) is 7.85. The van der Waals surface area contributed by atoms with Crippen LogP contribution >= 0.6 is 12.2 Å². The topological polar surface area (TPSA) is 62.2 Å². The number of thiocarbonyl (C=S) groups is 1. The van der Waals surface area contributed by atoms with Crippen LogP contribution in [0.3, 0.4) is 0 Å². The Morgan fingerprint density at radius 2 is 1.82 bits per heavy atom. The Morgan fingerprint density at radius 3 is 2.56 bits per heavy atom. The second-order valence-electron chi connectivity index (χ2n) is 10.1. The van der Waals surface area contributed by atoms with Gasteiger partial charge in [-0.25, -0.2) is 0 Å². The minimum atomic E-state index is -0.131. The summed E-state index contributed by atoms with van der Waals surface area (Å²) >= 11 is 5.86. The number of benzene rings is 2. The Morgan fingerprint density at radius 1 is 1.03 bits per heavy atom. The lowest BCUT2D eigenvalue weighted by Gasteiger charge is -2.28. The van der Waals surface area contributed by atoms with Gasteiger partial charge in [0.1, 0.15) is 0 Å². The van der Waals surface area contributed by atoms with Crippen molar-refractivity contribution in [2.24, 2.45) is 0 Å². The minimum absolute atomic E-state index is 0.0241. The van der Waals surface area contributed by atoms with Crippen LogP contribution in [0.1, 0.15) is 59.2 Å². The number of anilines is 1. The van der Waals surface area contributed by atoms with Crippen molar-refractivity contribution in [1.29, 1.82) is 0 Å². The second-order valence-corrected chi connectivity index (χ2v) is 10.5. The number of carbonyl (C=O) groups excluding carboxylic acids is 1. The Labute approximate surface area is 236 Å². The second kappa shape index (κ2) is 11.4. The highest BCUT2D eigenvalue weighted by atomic mass is 32.1. The molecule has 6 nitrogen and oxygen atoms in total. The fraction of sp³-hybridized carbons (Fsp3) is 0.281. The maximum atomic E-state index is 13.1. The molecule has 1 amide bonds. The average molecular weight is 538 g/mol. The lowest BCUT2D eigenvalue weighted by molar-refractivity contribution is -0.116. The molecule has 2 N–H and O–H groups in total. The molecule has 200 valence electrons. The fourth-order valence-corrected chi connectivity index (χ4v) is 5.95. The molecule has 7 heteroatoms. The van der Waals surface area contributed by atoms with Crippen LogP contribution in [0.5, 0.6) is 0 Å². The molecule has 1 aliphatic rings. The Hall–Kier alpha value is -3.97. The average Bonchev–Trinajstić information content (AvgIpc) is 3.42. The van der Waals surface area contributed by atoms with Crippen molar-refractivity contribution in [3.8, 4) is 5.69 Å². The van der Waals surface area contributed by atoms with Gasteiger partial charge in [0, 0.05) is 41.9 Å². The van der Waals surface area contributed by atoms with Crippen LogP contribution in [-0.4, -0.2) is 32.0 Å². The van der Waals surface area contributed by atoms with Crippen molar-refractivity contribution in [1.82, 2.24) is 19.8 Å². The number of nitrogens with zero attached hydrogens (tertiary/aromatic N) is 3. The van der Waals surface area contributed by atoms with Gasteiger partial charge in [0.05, 0.1) is 17.8 Å². The van der Waals surface area contributed by atoms with E-state index in [0.29, 0.717) is 18.1 Å². The zero-order chi connectivity index (χ0) is 27.5. The zero-order valence-corrected chi connectivity index (χ0v) is 23.8. The highest BCUT2D eigenvalue weighted by molar-refractivity contribution is 7.80. The molecule has 2 aromatic heterocycles. The van der Waals surface area contributed by atoms with Crippen LogP contribution in [-0.2, 0) is 11.2 Å². The van der Waals surface area contributed by atoms with E-state index >= 15 is 0 Å². The van der Waals surface area contributed by atoms with E-state index in [9.17, 15) is 4.79 Å². The number of rotatable bonds is 8. The normalized spacial score (nSPS) is 16.8. The third kappa shape index (κ3) is 5.45. The molecule has 2 atom stereocenters. The van der Waals surface area contributed by atoms with Gasteiger partial charge in [0.15, 0.2) is 5.11 Å². The van der Waals surface area contributed by atoms with Crippen molar-refractivity contribution < 1.29 is 4.79 Å². The number of amides is 1. The Kier molecular flexibility index (Phi) is 7.79. The molecule has 0 spiro atoms. The summed E-state index contributed by atoms with van der Waals surface area (Å²) in [4.78, 5) is 19.9. The van der Waals surface area contributed by atoms with Crippen molar-refractivity contribution in [3.63, 3.8) is 0 Å². The molecule has 1 fully saturated rings. The summed E-state index contributed by atoms with van der Waals surface area (Å²) in [5.74, 6) is -0.0241. The number of nitrogens with one attached hydrogen (secondary N) is 2. The first-order chi connectivity index (χ1) is 18.9. The largest absolute Gasteiger partial charge is 0.352 e. The number of hydrogen-bond donors (Lipinski definition) is 2. The minimum Gasteiger partial charge on any atom is -0.352 e. The summed E-state index contributed by atoms with van der Waals surface area (Å²) in [5.41, 5.74) is 8.76. The van der Waals surface area contributed by atoms with Crippen LogP contribution in [0.4, 0.5) is 5.69 Å². The monoisotopic (exact) mass is 537 g/mol. The van der Waals surface area contributed by atoms with Crippen LogP contribution in [0.25, 0.3) is 5.69 Å². The molecule has 0 unspecified atom stereocenters. The highest BCUT2D eigenvalue weighted by Gasteiger charge is 2.41. The SMILES string of the molecule is CCc1ccccc1NC(=O)CCN1C(=S)N[C@@H](c2ccccn2)[C@@H]1c1cc(C)n(-c2cccc(C)c2)c1C. The van der Waals surface area contributed by atoms with E-state index in [0.717, 1.165) is 40.4 Å². The smallest absolute Gasteiger partial charge is 0.226 e. The summed E-state index contributed by atoms with van der Waals surface area (Å²) in [5, 5.41) is 7.26. The van der Waals surface area contributed by atoms with E-state index in [-0.39, 0.29) is 18.0 Å². The van der Waals surface area contributed by atoms with Gasteiger partial charge in [-0.05, 0) is 92.5 Å². The summed E-state index contributed by atoms with van der Waals surface area (Å²) in [7, 11) is 0. The predicted octanol–water partition coefficient (Wildman–Crippen LogP) is 6.36. The summed E-state index contributed by atoms with van der Waals surface area (Å²) < 4.78 is 2.30. The number of carbonyl (C=O) groups is 1. The summed E-state index contributed by atoms with van der Waals surface area (Å²) in [6.07, 6.45) is 3.00. The lowest BCUT2D eigenvalue weighted by Crippen LogP contribution is -2.33. The van der Waals surface area contributed by atoms with Crippen molar-refractivity contribution in [2.45, 2.75) is 52.6 Å². The fourth-order valence-electron chi connectivity index (χ4n) is 5.62. The van der Waals surface area contributed by atoms with E-state index in [2.05, 4.69) is 83.1 Å². The van der Waals surface area contributed by atoms with Crippen molar-refractivity contribution >= 4 is 28.9 Å². The number of aromatic nitrogens is 2. The van der Waals surface area contributed by atoms with Gasteiger partial charge >= 0.3 is 0 Å². The molecule has 1 aliphatic heterocycles. The first kappa shape index (κ1) is 26.6. The van der Waals surface area contributed by atoms with Gasteiger partial charge in [-0.3, -0.25) is 9.78 Å². The first-order valence-electron chi connectivity index (χ1n) is 13.5. The number of aryl methyl sites for hydroxylation is 3. The molecule has 4 aromatic rings. The third-order valence-electron chi connectivity index (χ3n) is 7.50. The van der Waals surface area contributed by atoms with Gasteiger partial charge in [0.25, 0.3) is 0 Å². The van der Waals surface area contributed by atoms with Crippen LogP contribution < -0.4 is 10.6 Å². The van der Waals surface area contributed by atoms with E-state index < -0.39 is 0 Å². The maximum Gasteiger partial charge on any atom is 0.226 e. The van der Waals surface area contributed by atoms with Crippen LogP contribution in [0.2, 0.25) is 0 Å². The van der Waals surface area contributed by atoms with E-state index in [1.165, 1.54) is 11.1 Å². The lowest BCUT2D eigenvalue weighted by atomic mass is 9.96. The van der Waals surface area contributed by atoms with E-state index in [4.69, 9.17) is 12.2 Å². The van der Waals surface area contributed by atoms with E-state index in [1.54, 1.807) is 0 Å². The predicted molar refractivity (Wildman–Crippen MR) is 161 cm³/mol. The quantitative estimate of drug-likeness (QED) is 0.256. The maximum absolute atomic E-state index is 13.1. The van der Waals surface area contributed by atoms with Gasteiger partial charge in [0.2, 0.25) is 5.91 Å². The molecule has 3 heterocycles. The zero-order valence-electron chi connectivity index (χ0n) is 22.9. The van der Waals surface area contributed by atoms with E-state index in [1.807, 2.05) is 48.7 Å². The molecule has 39 heavy (non-hydrogen) atoms. The van der Waals surface area contributed by atoms with Crippen molar-refractivity contribution in [2.75, 3.05) is 11.9 Å². The summed E-state index contributed by atoms with van der Waals surface area (Å²) in [6, 6.07) is 24.5. The summed E-state index contributed by atoms with van der Waals surface area (Å²) in [6.45, 7) is 9.00. The number of hydrogen-bond acceptors (Lipinski definition) is 3. The highest BCUT2D eigenvalue weighted by Crippen LogP contribution is 2.41.